The molecule has 4 nitrogen and oxygen atoms in total. The highest BCUT2D eigenvalue weighted by molar-refractivity contribution is 5.77. The number of rotatable bonds is 7. The van der Waals surface area contributed by atoms with E-state index in [-0.39, 0.29) is 29.8 Å². The molecule has 156 valence electrons. The fraction of sp³-hybridized carbons (Fsp3) is 0.458. The smallest absolute Gasteiger partial charge is 0.258 e. The van der Waals surface area contributed by atoms with Gasteiger partial charge >= 0.3 is 0 Å². The van der Waals surface area contributed by atoms with E-state index in [4.69, 9.17) is 4.74 Å². The summed E-state index contributed by atoms with van der Waals surface area (Å²) in [6, 6.07) is 14.6. The lowest BCUT2D eigenvalue weighted by Gasteiger charge is -2.29. The molecule has 0 aromatic heterocycles. The van der Waals surface area contributed by atoms with E-state index in [0.717, 1.165) is 13.1 Å². The highest BCUT2D eigenvalue weighted by Crippen LogP contribution is 2.28. The minimum Gasteiger partial charge on any atom is -0.484 e. The molecule has 1 amide bonds. The zero-order valence-electron chi connectivity index (χ0n) is 17.6. The van der Waals surface area contributed by atoms with Gasteiger partial charge in [-0.2, -0.15) is 0 Å². The van der Waals surface area contributed by atoms with Gasteiger partial charge in [0, 0.05) is 6.54 Å². The maximum Gasteiger partial charge on any atom is 0.258 e. The third-order valence-electron chi connectivity index (χ3n) is 5.42. The van der Waals surface area contributed by atoms with Crippen molar-refractivity contribution in [2.75, 3.05) is 26.2 Å². The molecule has 1 heterocycles. The summed E-state index contributed by atoms with van der Waals surface area (Å²) < 4.78 is 18.4. The second-order valence-corrected chi connectivity index (χ2v) is 8.68. The predicted octanol–water partition coefficient (Wildman–Crippen LogP) is 4.46. The Balaban J connectivity index is 1.60. The minimum atomic E-state index is -0.326. The third kappa shape index (κ3) is 6.04. The van der Waals surface area contributed by atoms with Gasteiger partial charge in [-0.3, -0.25) is 9.69 Å². The maximum absolute atomic E-state index is 13.0. The largest absolute Gasteiger partial charge is 0.484 e. The van der Waals surface area contributed by atoms with E-state index in [2.05, 4.69) is 55.3 Å². The molecular formula is C24H31FN2O2. The molecule has 1 N–H and O–H groups in total. The molecule has 0 spiro atoms. The SMILES string of the molecule is CC(C)(C)c1ccc(C(CNC(=O)COc2ccc(F)cc2)N2CCCC2)cc1. The summed E-state index contributed by atoms with van der Waals surface area (Å²) in [5.74, 6) is -0.0204. The molecule has 1 fully saturated rings. The Morgan fingerprint density at radius 2 is 1.69 bits per heavy atom. The van der Waals surface area contributed by atoms with Crippen molar-refractivity contribution >= 4 is 5.91 Å². The number of hydrogen-bond acceptors (Lipinski definition) is 3. The lowest BCUT2D eigenvalue weighted by atomic mass is 9.86. The van der Waals surface area contributed by atoms with Crippen LogP contribution in [-0.2, 0) is 10.2 Å². The number of carbonyl (C=O) groups is 1. The highest BCUT2D eigenvalue weighted by atomic mass is 19.1. The molecule has 1 aliphatic rings. The van der Waals surface area contributed by atoms with E-state index < -0.39 is 0 Å². The molecule has 3 rings (SSSR count). The monoisotopic (exact) mass is 398 g/mol. The quantitative estimate of drug-likeness (QED) is 0.749. The number of ether oxygens (including phenoxy) is 1. The number of nitrogens with zero attached hydrogens (tertiary/aromatic N) is 1. The first-order chi connectivity index (χ1) is 13.8. The minimum absolute atomic E-state index is 0.0820. The summed E-state index contributed by atoms with van der Waals surface area (Å²) in [4.78, 5) is 14.7. The van der Waals surface area contributed by atoms with Crippen LogP contribution in [0.3, 0.4) is 0 Å². The van der Waals surface area contributed by atoms with Crippen LogP contribution in [0.25, 0.3) is 0 Å². The van der Waals surface area contributed by atoms with Gasteiger partial charge in [-0.05, 0) is 66.7 Å². The van der Waals surface area contributed by atoms with Crippen LogP contribution in [0.5, 0.6) is 5.75 Å². The van der Waals surface area contributed by atoms with Crippen LogP contribution in [-0.4, -0.2) is 37.0 Å². The Morgan fingerprint density at radius 1 is 1.07 bits per heavy atom. The first kappa shape index (κ1) is 21.3. The molecule has 5 heteroatoms. The standard InChI is InChI=1S/C24H31FN2O2/c1-24(2,3)19-8-6-18(7-9-19)22(27-14-4-5-15-27)16-26-23(28)17-29-21-12-10-20(25)11-13-21/h6-13,22H,4-5,14-17H2,1-3H3,(H,26,28). The molecular weight excluding hydrogens is 367 g/mol. The molecule has 1 unspecified atom stereocenters. The third-order valence-corrected chi connectivity index (χ3v) is 5.42. The Kier molecular flexibility index (Phi) is 6.91. The number of hydrogen-bond donors (Lipinski definition) is 1. The van der Waals surface area contributed by atoms with Crippen molar-refractivity contribution in [3.63, 3.8) is 0 Å². The van der Waals surface area contributed by atoms with E-state index >= 15 is 0 Å². The lowest BCUT2D eigenvalue weighted by Crippen LogP contribution is -2.38. The van der Waals surface area contributed by atoms with Gasteiger partial charge in [-0.1, -0.05) is 45.0 Å². The van der Waals surface area contributed by atoms with E-state index in [1.54, 1.807) is 0 Å². The summed E-state index contributed by atoms with van der Waals surface area (Å²) in [6.07, 6.45) is 2.39. The number of likely N-dealkylation sites (tertiary alicyclic amines) is 1. The van der Waals surface area contributed by atoms with E-state index in [1.165, 1.54) is 48.2 Å². The Labute approximate surface area is 173 Å². The second kappa shape index (κ2) is 9.40. The maximum atomic E-state index is 13.0. The summed E-state index contributed by atoms with van der Waals surface area (Å²) in [5, 5.41) is 3.00. The van der Waals surface area contributed by atoms with E-state index in [0.29, 0.717) is 12.3 Å². The molecule has 29 heavy (non-hydrogen) atoms. The van der Waals surface area contributed by atoms with Crippen LogP contribution in [0.1, 0.15) is 50.8 Å². The molecule has 2 aromatic carbocycles. The van der Waals surface area contributed by atoms with Crippen LogP contribution in [0.2, 0.25) is 0 Å². The Bertz CT molecular complexity index is 791. The molecule has 0 aliphatic carbocycles. The van der Waals surface area contributed by atoms with Crippen LogP contribution < -0.4 is 10.1 Å². The number of benzene rings is 2. The summed E-state index contributed by atoms with van der Waals surface area (Å²) in [7, 11) is 0. The molecule has 0 bridgehead atoms. The predicted molar refractivity (Wildman–Crippen MR) is 114 cm³/mol. The van der Waals surface area contributed by atoms with Gasteiger partial charge in [0.2, 0.25) is 0 Å². The second-order valence-electron chi connectivity index (χ2n) is 8.68. The molecule has 2 aromatic rings. The molecule has 1 atom stereocenters. The van der Waals surface area contributed by atoms with Crippen molar-refractivity contribution in [3.8, 4) is 5.75 Å². The van der Waals surface area contributed by atoms with E-state index in [1.807, 2.05) is 0 Å². The summed E-state index contributed by atoms with van der Waals surface area (Å²) in [5.41, 5.74) is 2.64. The fourth-order valence-corrected chi connectivity index (χ4v) is 3.66. The van der Waals surface area contributed by atoms with Crippen LogP contribution in [0.15, 0.2) is 48.5 Å². The first-order valence-corrected chi connectivity index (χ1v) is 10.3. The van der Waals surface area contributed by atoms with Crippen molar-refractivity contribution in [3.05, 3.63) is 65.5 Å². The van der Waals surface area contributed by atoms with Gasteiger partial charge in [0.25, 0.3) is 5.91 Å². The first-order valence-electron chi connectivity index (χ1n) is 10.3. The van der Waals surface area contributed by atoms with E-state index in [9.17, 15) is 9.18 Å². The van der Waals surface area contributed by atoms with Crippen LogP contribution in [0.4, 0.5) is 4.39 Å². The van der Waals surface area contributed by atoms with Crippen LogP contribution in [0, 0.1) is 5.82 Å². The van der Waals surface area contributed by atoms with Crippen molar-refractivity contribution in [2.45, 2.75) is 45.1 Å². The molecule has 1 aliphatic heterocycles. The normalized spacial score (nSPS) is 15.9. The van der Waals surface area contributed by atoms with Crippen molar-refractivity contribution in [1.82, 2.24) is 10.2 Å². The topological polar surface area (TPSA) is 41.6 Å². The van der Waals surface area contributed by atoms with Crippen molar-refractivity contribution in [1.29, 1.82) is 0 Å². The number of carbonyl (C=O) groups excluding carboxylic acids is 1. The van der Waals surface area contributed by atoms with Gasteiger partial charge in [0.05, 0.1) is 6.04 Å². The summed E-state index contributed by atoms with van der Waals surface area (Å²) in [6.45, 7) is 9.19. The number of amides is 1. The highest BCUT2D eigenvalue weighted by Gasteiger charge is 2.24. The van der Waals surface area contributed by atoms with Gasteiger partial charge < -0.3 is 10.1 Å². The van der Waals surface area contributed by atoms with Gasteiger partial charge in [0.15, 0.2) is 6.61 Å². The van der Waals surface area contributed by atoms with Crippen molar-refractivity contribution in [2.24, 2.45) is 0 Å². The van der Waals surface area contributed by atoms with Crippen LogP contribution >= 0.6 is 0 Å². The van der Waals surface area contributed by atoms with Crippen molar-refractivity contribution < 1.29 is 13.9 Å². The Hall–Kier alpha value is -2.40. The van der Waals surface area contributed by atoms with Gasteiger partial charge in [-0.15, -0.1) is 0 Å². The lowest BCUT2D eigenvalue weighted by molar-refractivity contribution is -0.123. The number of halogens is 1. The molecule has 0 saturated carbocycles. The zero-order chi connectivity index (χ0) is 20.9. The number of nitrogens with one attached hydrogen (secondary N) is 1. The average molecular weight is 399 g/mol. The van der Waals surface area contributed by atoms with Gasteiger partial charge in [0.1, 0.15) is 11.6 Å². The Morgan fingerprint density at radius 3 is 2.28 bits per heavy atom. The van der Waals surface area contributed by atoms with Gasteiger partial charge in [-0.25, -0.2) is 4.39 Å². The molecule has 1 saturated heterocycles. The fourth-order valence-electron chi connectivity index (χ4n) is 3.66. The zero-order valence-corrected chi connectivity index (χ0v) is 17.6. The average Bonchev–Trinajstić information content (AvgIpc) is 3.22. The summed E-state index contributed by atoms with van der Waals surface area (Å²) >= 11 is 0. The molecule has 0 radical (unpaired) electrons.